The van der Waals surface area contributed by atoms with Gasteiger partial charge in [-0.3, -0.25) is 0 Å². The maximum absolute atomic E-state index is 5.82. The van der Waals surface area contributed by atoms with E-state index in [2.05, 4.69) is 46.5 Å². The molecule has 3 rings (SSSR count). The number of nitrogens with one attached hydrogen (secondary N) is 1. The summed E-state index contributed by atoms with van der Waals surface area (Å²) in [6.07, 6.45) is 7.43. The van der Waals surface area contributed by atoms with Crippen LogP contribution in [0.5, 0.6) is 0 Å². The lowest BCUT2D eigenvalue weighted by Crippen LogP contribution is -2.18. The van der Waals surface area contributed by atoms with Crippen LogP contribution in [0.3, 0.4) is 0 Å². The predicted molar refractivity (Wildman–Crippen MR) is 85.2 cm³/mol. The molecule has 0 spiro atoms. The van der Waals surface area contributed by atoms with Gasteiger partial charge in [-0.15, -0.1) is 0 Å². The molecule has 0 amide bonds. The fraction of sp³-hybridized carbons (Fsp3) is 0.250. The third-order valence-corrected chi connectivity index (χ3v) is 3.48. The number of hydrogen-bond acceptors (Lipinski definition) is 4. The Morgan fingerprint density at radius 2 is 2.10 bits per heavy atom. The van der Waals surface area contributed by atoms with Crippen molar-refractivity contribution in [2.45, 2.75) is 25.8 Å². The number of nitrogens with two attached hydrogens (primary N) is 1. The number of nitrogens with zero attached hydrogens (tertiary/aromatic N) is 3. The van der Waals surface area contributed by atoms with Crippen molar-refractivity contribution in [2.75, 3.05) is 11.1 Å². The summed E-state index contributed by atoms with van der Waals surface area (Å²) in [5, 5.41) is 3.41. The van der Waals surface area contributed by atoms with Crippen LogP contribution < -0.4 is 11.1 Å². The first-order valence-corrected chi connectivity index (χ1v) is 7.12. The molecule has 0 aliphatic carbocycles. The first kappa shape index (κ1) is 13.4. The molecule has 0 radical (unpaired) electrons. The highest BCUT2D eigenvalue weighted by Crippen LogP contribution is 2.17. The molecule has 1 aromatic carbocycles. The van der Waals surface area contributed by atoms with Gasteiger partial charge in [0.2, 0.25) is 0 Å². The molecule has 0 saturated carbocycles. The fourth-order valence-corrected chi connectivity index (χ4v) is 2.38. The van der Waals surface area contributed by atoms with E-state index in [4.69, 9.17) is 5.73 Å². The van der Waals surface area contributed by atoms with Crippen LogP contribution in [0.2, 0.25) is 0 Å². The van der Waals surface area contributed by atoms with Gasteiger partial charge in [0.15, 0.2) is 11.5 Å². The fourth-order valence-electron chi connectivity index (χ4n) is 2.38. The Hall–Kier alpha value is -2.56. The molecule has 2 aromatic heterocycles. The van der Waals surface area contributed by atoms with Crippen LogP contribution >= 0.6 is 0 Å². The lowest BCUT2D eigenvalue weighted by atomic mass is 10.1. The zero-order chi connectivity index (χ0) is 14.7. The summed E-state index contributed by atoms with van der Waals surface area (Å²) >= 11 is 0. The molecule has 21 heavy (non-hydrogen) atoms. The molecule has 1 atom stereocenters. The van der Waals surface area contributed by atoms with Crippen molar-refractivity contribution in [1.29, 1.82) is 0 Å². The number of aromatic nitrogens is 3. The molecule has 108 valence electrons. The molecule has 5 heteroatoms. The highest BCUT2D eigenvalue weighted by atomic mass is 15.1. The summed E-state index contributed by atoms with van der Waals surface area (Å²) in [4.78, 5) is 8.67. The third kappa shape index (κ3) is 3.13. The minimum Gasteiger partial charge on any atom is -0.382 e. The van der Waals surface area contributed by atoms with Crippen molar-refractivity contribution >= 4 is 17.3 Å². The van der Waals surface area contributed by atoms with Gasteiger partial charge in [-0.25, -0.2) is 9.97 Å². The SMILES string of the molecule is CC(CCc1ccccc1)Nc1nc(N)cn2ccnc12. The summed E-state index contributed by atoms with van der Waals surface area (Å²) in [5.74, 6) is 1.22. The number of nitrogen functional groups attached to an aromatic ring is 1. The largest absolute Gasteiger partial charge is 0.382 e. The summed E-state index contributed by atoms with van der Waals surface area (Å²) in [6.45, 7) is 2.15. The summed E-state index contributed by atoms with van der Waals surface area (Å²) < 4.78 is 1.88. The van der Waals surface area contributed by atoms with Gasteiger partial charge >= 0.3 is 0 Å². The van der Waals surface area contributed by atoms with E-state index < -0.39 is 0 Å². The lowest BCUT2D eigenvalue weighted by Gasteiger charge is -2.15. The summed E-state index contributed by atoms with van der Waals surface area (Å²) in [6, 6.07) is 10.8. The van der Waals surface area contributed by atoms with Gasteiger partial charge < -0.3 is 15.5 Å². The van der Waals surface area contributed by atoms with E-state index in [1.165, 1.54) is 5.56 Å². The predicted octanol–water partition coefficient (Wildman–Crippen LogP) is 2.74. The normalized spacial score (nSPS) is 12.4. The van der Waals surface area contributed by atoms with Gasteiger partial charge in [0.05, 0.1) is 6.20 Å². The van der Waals surface area contributed by atoms with Gasteiger partial charge in [-0.2, -0.15) is 0 Å². The average Bonchev–Trinajstić information content (AvgIpc) is 2.94. The van der Waals surface area contributed by atoms with Crippen LogP contribution in [0, 0.1) is 0 Å². The maximum Gasteiger partial charge on any atom is 0.180 e. The van der Waals surface area contributed by atoms with Crippen molar-refractivity contribution < 1.29 is 0 Å². The number of benzene rings is 1. The zero-order valence-corrected chi connectivity index (χ0v) is 12.0. The third-order valence-electron chi connectivity index (χ3n) is 3.48. The number of imidazole rings is 1. The van der Waals surface area contributed by atoms with E-state index in [1.54, 1.807) is 12.4 Å². The lowest BCUT2D eigenvalue weighted by molar-refractivity contribution is 0.703. The molecular weight excluding hydrogens is 262 g/mol. The van der Waals surface area contributed by atoms with Crippen molar-refractivity contribution in [3.05, 3.63) is 54.5 Å². The molecule has 0 aliphatic rings. The highest BCUT2D eigenvalue weighted by molar-refractivity contribution is 5.65. The Morgan fingerprint density at radius 1 is 1.29 bits per heavy atom. The first-order valence-electron chi connectivity index (χ1n) is 7.12. The molecule has 3 N–H and O–H groups in total. The number of fused-ring (bicyclic) bond motifs is 1. The standard InChI is InChI=1S/C16H19N5/c1-12(7-8-13-5-3-2-4-6-13)19-15-16-18-9-10-21(16)11-14(17)20-15/h2-6,9-12H,7-8,17H2,1H3,(H,19,20). The smallest absolute Gasteiger partial charge is 0.180 e. The van der Waals surface area contributed by atoms with Crippen molar-refractivity contribution in [3.8, 4) is 0 Å². The van der Waals surface area contributed by atoms with Crippen LogP contribution in [0.1, 0.15) is 18.9 Å². The second-order valence-electron chi connectivity index (χ2n) is 5.24. The van der Waals surface area contributed by atoms with Crippen molar-refractivity contribution in [1.82, 2.24) is 14.4 Å². The van der Waals surface area contributed by atoms with E-state index in [0.29, 0.717) is 11.9 Å². The molecule has 0 aliphatic heterocycles. The van der Waals surface area contributed by atoms with E-state index in [0.717, 1.165) is 24.3 Å². The van der Waals surface area contributed by atoms with E-state index in [9.17, 15) is 0 Å². The van der Waals surface area contributed by atoms with Crippen LogP contribution in [-0.4, -0.2) is 20.4 Å². The van der Waals surface area contributed by atoms with Gasteiger partial charge in [-0.05, 0) is 25.3 Å². The minimum atomic E-state index is 0.292. The number of hydrogen-bond donors (Lipinski definition) is 2. The van der Waals surface area contributed by atoms with Gasteiger partial charge in [0, 0.05) is 18.4 Å². The summed E-state index contributed by atoms with van der Waals surface area (Å²) in [7, 11) is 0. The van der Waals surface area contributed by atoms with Crippen LogP contribution in [0.15, 0.2) is 48.9 Å². The first-order chi connectivity index (χ1) is 10.2. The maximum atomic E-state index is 5.82. The number of rotatable bonds is 5. The van der Waals surface area contributed by atoms with Crippen LogP contribution in [0.25, 0.3) is 5.65 Å². The second kappa shape index (κ2) is 5.83. The van der Waals surface area contributed by atoms with Gasteiger partial charge in [0.1, 0.15) is 5.82 Å². The Labute approximate surface area is 123 Å². The van der Waals surface area contributed by atoms with Crippen molar-refractivity contribution in [2.24, 2.45) is 0 Å². The average molecular weight is 281 g/mol. The Balaban J connectivity index is 1.68. The zero-order valence-electron chi connectivity index (χ0n) is 12.0. The molecule has 0 saturated heterocycles. The highest BCUT2D eigenvalue weighted by Gasteiger charge is 2.09. The van der Waals surface area contributed by atoms with Gasteiger partial charge in [0.25, 0.3) is 0 Å². The minimum absolute atomic E-state index is 0.292. The van der Waals surface area contributed by atoms with E-state index >= 15 is 0 Å². The van der Waals surface area contributed by atoms with E-state index in [-0.39, 0.29) is 0 Å². The monoisotopic (exact) mass is 281 g/mol. The van der Waals surface area contributed by atoms with Crippen molar-refractivity contribution in [3.63, 3.8) is 0 Å². The van der Waals surface area contributed by atoms with Gasteiger partial charge in [-0.1, -0.05) is 30.3 Å². The number of anilines is 2. The molecule has 0 bridgehead atoms. The topological polar surface area (TPSA) is 68.2 Å². The Bertz CT molecular complexity index is 720. The second-order valence-corrected chi connectivity index (χ2v) is 5.24. The molecular formula is C16H19N5. The Morgan fingerprint density at radius 3 is 2.90 bits per heavy atom. The number of aryl methyl sites for hydroxylation is 1. The molecule has 0 fully saturated rings. The van der Waals surface area contributed by atoms with E-state index in [1.807, 2.05) is 16.7 Å². The molecule has 1 unspecified atom stereocenters. The summed E-state index contributed by atoms with van der Waals surface area (Å²) in [5.41, 5.74) is 7.97. The van der Waals surface area contributed by atoms with Crippen LogP contribution in [-0.2, 0) is 6.42 Å². The molecule has 3 aromatic rings. The molecule has 5 nitrogen and oxygen atoms in total. The molecule has 2 heterocycles. The quantitative estimate of drug-likeness (QED) is 0.754. The van der Waals surface area contributed by atoms with Crippen LogP contribution in [0.4, 0.5) is 11.6 Å². The Kier molecular flexibility index (Phi) is 3.73.